The molecule has 3 atom stereocenters. The maximum atomic E-state index is 11.8. The van der Waals surface area contributed by atoms with Crippen LogP contribution >= 0.6 is 0 Å². The van der Waals surface area contributed by atoms with Crippen LogP contribution in [0.4, 0.5) is 0 Å². The van der Waals surface area contributed by atoms with Gasteiger partial charge in [0.2, 0.25) is 0 Å². The molecule has 0 aromatic heterocycles. The number of carbonyl (C=O) groups excluding carboxylic acids is 1. The van der Waals surface area contributed by atoms with Gasteiger partial charge in [0.05, 0.1) is 13.7 Å². The molecule has 3 rings (SSSR count). The van der Waals surface area contributed by atoms with Crippen LogP contribution in [0.25, 0.3) is 6.08 Å². The Bertz CT molecular complexity index is 556. The Kier molecular flexibility index (Phi) is 4.09. The van der Waals surface area contributed by atoms with E-state index >= 15 is 0 Å². The van der Waals surface area contributed by atoms with Crippen molar-refractivity contribution in [1.29, 1.82) is 0 Å². The van der Waals surface area contributed by atoms with Gasteiger partial charge < -0.3 is 9.47 Å². The smallest absolute Gasteiger partial charge is 0.330 e. The highest BCUT2D eigenvalue weighted by Gasteiger charge is 2.35. The van der Waals surface area contributed by atoms with Crippen LogP contribution in [0.15, 0.2) is 42.5 Å². The van der Waals surface area contributed by atoms with Gasteiger partial charge in [-0.3, -0.25) is 0 Å². The Morgan fingerprint density at radius 1 is 1.24 bits per heavy atom. The fourth-order valence-electron chi connectivity index (χ4n) is 3.20. The lowest BCUT2D eigenvalue weighted by atomic mass is 9.95. The summed E-state index contributed by atoms with van der Waals surface area (Å²) in [4.78, 5) is 11.8. The summed E-state index contributed by atoms with van der Waals surface area (Å²) in [5, 5.41) is 0. The highest BCUT2D eigenvalue weighted by molar-refractivity contribution is 5.87. The van der Waals surface area contributed by atoms with Gasteiger partial charge in [-0.25, -0.2) is 4.79 Å². The highest BCUT2D eigenvalue weighted by Crippen LogP contribution is 2.43. The van der Waals surface area contributed by atoms with E-state index in [4.69, 9.17) is 9.47 Å². The predicted octanol–water partition coefficient (Wildman–Crippen LogP) is 3.46. The van der Waals surface area contributed by atoms with Crippen LogP contribution in [0.3, 0.4) is 0 Å². The number of rotatable bonds is 5. The first-order valence-electron chi connectivity index (χ1n) is 7.42. The summed E-state index contributed by atoms with van der Waals surface area (Å²) in [5.41, 5.74) is 0.954. The van der Waals surface area contributed by atoms with Crippen molar-refractivity contribution in [2.24, 2.45) is 17.8 Å². The van der Waals surface area contributed by atoms with E-state index in [0.29, 0.717) is 24.4 Å². The summed E-state index contributed by atoms with van der Waals surface area (Å²) in [7, 11) is 1.63. The van der Waals surface area contributed by atoms with E-state index in [0.717, 1.165) is 17.7 Å². The second-order valence-electron chi connectivity index (χ2n) is 5.78. The average Bonchev–Trinajstić information content (AvgIpc) is 3.14. The third-order valence-corrected chi connectivity index (χ3v) is 4.38. The number of carbonyl (C=O) groups is 1. The molecule has 0 spiro atoms. The number of fused-ring (bicyclic) bond motifs is 2. The van der Waals surface area contributed by atoms with Crippen molar-refractivity contribution < 1.29 is 14.3 Å². The van der Waals surface area contributed by atoms with Gasteiger partial charge in [0.25, 0.3) is 0 Å². The van der Waals surface area contributed by atoms with Crippen molar-refractivity contribution in [3.8, 4) is 5.75 Å². The van der Waals surface area contributed by atoms with E-state index in [1.807, 2.05) is 24.3 Å². The third kappa shape index (κ3) is 3.35. The number of benzene rings is 1. The number of hydrogen-bond donors (Lipinski definition) is 0. The van der Waals surface area contributed by atoms with Gasteiger partial charge in [0.15, 0.2) is 0 Å². The topological polar surface area (TPSA) is 35.5 Å². The molecule has 2 bridgehead atoms. The zero-order valence-corrected chi connectivity index (χ0v) is 12.2. The van der Waals surface area contributed by atoms with Crippen LogP contribution in [-0.2, 0) is 9.53 Å². The number of ether oxygens (including phenoxy) is 2. The summed E-state index contributed by atoms with van der Waals surface area (Å²) in [6.45, 7) is 0.539. The van der Waals surface area contributed by atoms with Crippen LogP contribution in [0.5, 0.6) is 5.75 Å². The molecule has 2 aliphatic rings. The maximum absolute atomic E-state index is 11.8. The van der Waals surface area contributed by atoms with E-state index in [9.17, 15) is 4.79 Å². The van der Waals surface area contributed by atoms with E-state index < -0.39 is 0 Å². The Morgan fingerprint density at radius 2 is 2.05 bits per heavy atom. The molecule has 1 aromatic carbocycles. The fraction of sp³-hybridized carbons (Fsp3) is 0.389. The lowest BCUT2D eigenvalue weighted by Gasteiger charge is -2.17. The minimum absolute atomic E-state index is 0.266. The predicted molar refractivity (Wildman–Crippen MR) is 81.8 cm³/mol. The van der Waals surface area contributed by atoms with Crippen molar-refractivity contribution in [2.75, 3.05) is 13.7 Å². The third-order valence-electron chi connectivity index (χ3n) is 4.38. The molecule has 1 saturated carbocycles. The Balaban J connectivity index is 1.47. The lowest BCUT2D eigenvalue weighted by Crippen LogP contribution is -2.16. The van der Waals surface area contributed by atoms with Crippen molar-refractivity contribution in [2.45, 2.75) is 12.8 Å². The van der Waals surface area contributed by atoms with Crippen LogP contribution in [-0.4, -0.2) is 19.7 Å². The molecule has 110 valence electrons. The molecule has 0 amide bonds. The van der Waals surface area contributed by atoms with Gasteiger partial charge >= 0.3 is 5.97 Å². The van der Waals surface area contributed by atoms with Crippen LogP contribution < -0.4 is 4.74 Å². The van der Waals surface area contributed by atoms with Crippen LogP contribution in [0, 0.1) is 17.8 Å². The van der Waals surface area contributed by atoms with E-state index in [-0.39, 0.29) is 5.97 Å². The number of hydrogen-bond acceptors (Lipinski definition) is 3. The Morgan fingerprint density at radius 3 is 2.67 bits per heavy atom. The molecule has 1 aromatic rings. The maximum Gasteiger partial charge on any atom is 0.330 e. The molecule has 0 saturated heterocycles. The Labute approximate surface area is 125 Å². The van der Waals surface area contributed by atoms with E-state index in [1.165, 1.54) is 12.5 Å². The molecular weight excluding hydrogens is 264 g/mol. The lowest BCUT2D eigenvalue weighted by molar-refractivity contribution is -0.139. The zero-order chi connectivity index (χ0) is 14.7. The normalized spacial score (nSPS) is 26.4. The first-order valence-corrected chi connectivity index (χ1v) is 7.42. The molecule has 0 heterocycles. The fourth-order valence-corrected chi connectivity index (χ4v) is 3.20. The molecule has 3 unspecified atom stereocenters. The number of methoxy groups -OCH3 is 1. The first-order chi connectivity index (χ1) is 10.2. The second-order valence-corrected chi connectivity index (χ2v) is 5.78. The van der Waals surface area contributed by atoms with Gasteiger partial charge in [-0.2, -0.15) is 0 Å². The summed E-state index contributed by atoms with van der Waals surface area (Å²) >= 11 is 0. The molecule has 0 N–H and O–H groups in total. The van der Waals surface area contributed by atoms with Crippen molar-refractivity contribution in [1.82, 2.24) is 0 Å². The molecule has 1 fully saturated rings. The standard InChI is InChI=1S/C18H20O3/c1-20-17-7-3-13(4-8-17)5-9-18(19)21-12-16-11-14-2-6-15(16)10-14/h2-9,14-16H,10-12H2,1H3/b9-5+. The average molecular weight is 284 g/mol. The van der Waals surface area contributed by atoms with E-state index in [2.05, 4.69) is 12.2 Å². The molecular formula is C18H20O3. The van der Waals surface area contributed by atoms with Crippen LogP contribution in [0.1, 0.15) is 18.4 Å². The first kappa shape index (κ1) is 13.9. The second kappa shape index (κ2) is 6.17. The molecule has 3 heteroatoms. The quantitative estimate of drug-likeness (QED) is 0.472. The number of esters is 1. The highest BCUT2D eigenvalue weighted by atomic mass is 16.5. The minimum Gasteiger partial charge on any atom is -0.497 e. The van der Waals surface area contributed by atoms with Crippen LogP contribution in [0.2, 0.25) is 0 Å². The summed E-state index contributed by atoms with van der Waals surface area (Å²) < 4.78 is 10.5. The van der Waals surface area contributed by atoms with E-state index in [1.54, 1.807) is 13.2 Å². The molecule has 0 radical (unpaired) electrons. The van der Waals surface area contributed by atoms with Gasteiger partial charge in [0.1, 0.15) is 5.75 Å². The zero-order valence-electron chi connectivity index (χ0n) is 12.2. The van der Waals surface area contributed by atoms with Crippen molar-refractivity contribution in [3.05, 3.63) is 48.1 Å². The summed E-state index contributed by atoms with van der Waals surface area (Å²) in [6.07, 6.45) is 10.2. The molecule has 0 aliphatic heterocycles. The van der Waals surface area contributed by atoms with Crippen molar-refractivity contribution >= 4 is 12.0 Å². The van der Waals surface area contributed by atoms with Gasteiger partial charge in [-0.15, -0.1) is 0 Å². The van der Waals surface area contributed by atoms with Gasteiger partial charge in [-0.1, -0.05) is 24.3 Å². The SMILES string of the molecule is COc1ccc(/C=C/C(=O)OCC2CC3C=CC2C3)cc1. The van der Waals surface area contributed by atoms with Crippen molar-refractivity contribution in [3.63, 3.8) is 0 Å². The van der Waals surface area contributed by atoms with Gasteiger partial charge in [0, 0.05) is 6.08 Å². The summed E-state index contributed by atoms with van der Waals surface area (Å²) in [6, 6.07) is 7.55. The van der Waals surface area contributed by atoms with Gasteiger partial charge in [-0.05, 0) is 54.4 Å². The molecule has 2 aliphatic carbocycles. The largest absolute Gasteiger partial charge is 0.497 e. The number of allylic oxidation sites excluding steroid dienone is 2. The molecule has 3 nitrogen and oxygen atoms in total. The molecule has 21 heavy (non-hydrogen) atoms. The Hall–Kier alpha value is -2.03. The minimum atomic E-state index is -0.266. The summed E-state index contributed by atoms with van der Waals surface area (Å²) in [5.74, 6) is 2.39. The monoisotopic (exact) mass is 284 g/mol.